The maximum Gasteiger partial charge on any atom is 0.126 e. The predicted molar refractivity (Wildman–Crippen MR) is 79.4 cm³/mol. The lowest BCUT2D eigenvalue weighted by molar-refractivity contribution is 0.379. The number of fused-ring (bicyclic) bond motifs is 1. The molecule has 0 aliphatic rings. The summed E-state index contributed by atoms with van der Waals surface area (Å²) in [6, 6.07) is 12.3. The molecule has 0 amide bonds. The molecule has 0 fully saturated rings. The summed E-state index contributed by atoms with van der Waals surface area (Å²) < 4.78 is 0. The lowest BCUT2D eigenvalue weighted by atomic mass is 9.90. The molecule has 1 N–H and O–H groups in total. The minimum absolute atomic E-state index is 0.190. The number of rotatable bonds is 5. The summed E-state index contributed by atoms with van der Waals surface area (Å²) in [6.07, 6.45) is 0.995. The van der Waals surface area contributed by atoms with Crippen LogP contribution in [0.15, 0.2) is 36.4 Å². The second-order valence-corrected chi connectivity index (χ2v) is 5.72. The summed E-state index contributed by atoms with van der Waals surface area (Å²) in [5.41, 5.74) is 1.22. The van der Waals surface area contributed by atoms with Crippen LogP contribution in [-0.2, 0) is 0 Å². The molecule has 96 valence electrons. The van der Waals surface area contributed by atoms with Crippen molar-refractivity contribution >= 4 is 28.3 Å². The van der Waals surface area contributed by atoms with Crippen LogP contribution in [0.4, 0.5) is 5.82 Å². The number of hydrogen-bond acceptors (Lipinski definition) is 2. The standard InChI is InChI=1S/C15H19ClN2/c1-15(2,9-10-16)11-17-14-8-7-12-5-3-4-6-13(12)18-14/h3-8H,9-11H2,1-2H3,(H,17,18). The molecule has 1 heterocycles. The van der Waals surface area contributed by atoms with E-state index in [9.17, 15) is 0 Å². The molecule has 1 aromatic carbocycles. The summed E-state index contributed by atoms with van der Waals surface area (Å²) in [4.78, 5) is 4.59. The number of halogens is 1. The fourth-order valence-electron chi connectivity index (χ4n) is 1.84. The molecule has 0 bridgehead atoms. The van der Waals surface area contributed by atoms with Crippen LogP contribution in [0.5, 0.6) is 0 Å². The van der Waals surface area contributed by atoms with Crippen LogP contribution < -0.4 is 5.32 Å². The number of aromatic nitrogens is 1. The second-order valence-electron chi connectivity index (χ2n) is 5.35. The SMILES string of the molecule is CC(C)(CCCl)CNc1ccc2ccccc2n1. The third-order valence-electron chi connectivity index (χ3n) is 3.12. The monoisotopic (exact) mass is 262 g/mol. The number of anilines is 1. The summed E-state index contributed by atoms with van der Waals surface area (Å²) in [7, 11) is 0. The van der Waals surface area contributed by atoms with Crippen molar-refractivity contribution in [2.24, 2.45) is 5.41 Å². The third-order valence-corrected chi connectivity index (χ3v) is 3.31. The number of pyridine rings is 1. The smallest absolute Gasteiger partial charge is 0.126 e. The van der Waals surface area contributed by atoms with Gasteiger partial charge in [0.05, 0.1) is 5.52 Å². The molecule has 18 heavy (non-hydrogen) atoms. The van der Waals surface area contributed by atoms with Gasteiger partial charge in [0.15, 0.2) is 0 Å². The average molecular weight is 263 g/mol. The lowest BCUT2D eigenvalue weighted by Gasteiger charge is -2.24. The Balaban J connectivity index is 2.08. The van der Waals surface area contributed by atoms with Gasteiger partial charge in [0, 0.05) is 17.8 Å². The number of nitrogens with zero attached hydrogens (tertiary/aromatic N) is 1. The van der Waals surface area contributed by atoms with E-state index in [1.54, 1.807) is 0 Å². The molecule has 2 rings (SSSR count). The van der Waals surface area contributed by atoms with Crippen molar-refractivity contribution in [3.63, 3.8) is 0 Å². The molecular weight excluding hydrogens is 244 g/mol. The molecule has 2 nitrogen and oxygen atoms in total. The van der Waals surface area contributed by atoms with Crippen LogP contribution >= 0.6 is 11.6 Å². The summed E-state index contributed by atoms with van der Waals surface area (Å²) in [6.45, 7) is 5.30. The molecule has 0 spiro atoms. The Hall–Kier alpha value is -1.28. The third kappa shape index (κ3) is 3.36. The van der Waals surface area contributed by atoms with Gasteiger partial charge in [-0.3, -0.25) is 0 Å². The van der Waals surface area contributed by atoms with Crippen LogP contribution in [0.1, 0.15) is 20.3 Å². The molecule has 0 unspecified atom stereocenters. The number of nitrogens with one attached hydrogen (secondary N) is 1. The van der Waals surface area contributed by atoms with Crippen LogP contribution in [0, 0.1) is 5.41 Å². The van der Waals surface area contributed by atoms with Crippen molar-refractivity contribution in [3.8, 4) is 0 Å². The van der Waals surface area contributed by atoms with Crippen molar-refractivity contribution in [1.29, 1.82) is 0 Å². The molecule has 3 heteroatoms. The quantitative estimate of drug-likeness (QED) is 0.813. The van der Waals surface area contributed by atoms with Gasteiger partial charge in [0.2, 0.25) is 0 Å². The first kappa shape index (κ1) is 13.2. The van der Waals surface area contributed by atoms with Gasteiger partial charge in [0.25, 0.3) is 0 Å². The average Bonchev–Trinajstić information content (AvgIpc) is 2.36. The molecule has 0 aliphatic heterocycles. The van der Waals surface area contributed by atoms with Crippen molar-refractivity contribution < 1.29 is 0 Å². The summed E-state index contributed by atoms with van der Waals surface area (Å²) in [5.74, 6) is 1.62. The highest BCUT2D eigenvalue weighted by molar-refractivity contribution is 6.17. The van der Waals surface area contributed by atoms with E-state index in [2.05, 4.69) is 36.3 Å². The van der Waals surface area contributed by atoms with E-state index < -0.39 is 0 Å². The van der Waals surface area contributed by atoms with Gasteiger partial charge in [-0.1, -0.05) is 32.0 Å². The Morgan fingerprint density at radius 2 is 1.94 bits per heavy atom. The Bertz CT molecular complexity index is 523. The van der Waals surface area contributed by atoms with Crippen LogP contribution in [0.2, 0.25) is 0 Å². The van der Waals surface area contributed by atoms with E-state index in [4.69, 9.17) is 11.6 Å². The van der Waals surface area contributed by atoms with Crippen LogP contribution in [0.25, 0.3) is 10.9 Å². The Morgan fingerprint density at radius 1 is 1.17 bits per heavy atom. The number of benzene rings is 1. The highest BCUT2D eigenvalue weighted by Crippen LogP contribution is 2.22. The lowest BCUT2D eigenvalue weighted by Crippen LogP contribution is -2.23. The zero-order chi connectivity index (χ0) is 13.0. The van der Waals surface area contributed by atoms with E-state index >= 15 is 0 Å². The second kappa shape index (κ2) is 5.57. The van der Waals surface area contributed by atoms with Crippen molar-refractivity contribution in [1.82, 2.24) is 4.98 Å². The van der Waals surface area contributed by atoms with Crippen molar-refractivity contribution in [2.45, 2.75) is 20.3 Å². The maximum absolute atomic E-state index is 5.80. The highest BCUT2D eigenvalue weighted by atomic mass is 35.5. The fourth-order valence-corrected chi connectivity index (χ4v) is 2.35. The number of para-hydroxylation sites is 1. The van der Waals surface area contributed by atoms with Gasteiger partial charge in [-0.2, -0.15) is 0 Å². The predicted octanol–water partition coefficient (Wildman–Crippen LogP) is 4.30. The van der Waals surface area contributed by atoms with Crippen molar-refractivity contribution in [2.75, 3.05) is 17.7 Å². The Morgan fingerprint density at radius 3 is 2.72 bits per heavy atom. The maximum atomic E-state index is 5.80. The fraction of sp³-hybridized carbons (Fsp3) is 0.400. The first-order valence-corrected chi connectivity index (χ1v) is 6.80. The molecule has 0 atom stereocenters. The van der Waals surface area contributed by atoms with Crippen molar-refractivity contribution in [3.05, 3.63) is 36.4 Å². The van der Waals surface area contributed by atoms with Gasteiger partial charge < -0.3 is 5.32 Å². The van der Waals surface area contributed by atoms with E-state index in [-0.39, 0.29) is 5.41 Å². The molecular formula is C15H19ClN2. The van der Waals surface area contributed by atoms with Crippen LogP contribution in [-0.4, -0.2) is 17.4 Å². The van der Waals surface area contributed by atoms with Gasteiger partial charge in [-0.15, -0.1) is 11.6 Å². The first-order chi connectivity index (χ1) is 8.61. The zero-order valence-corrected chi connectivity index (χ0v) is 11.7. The Labute approximate surface area is 113 Å². The molecule has 0 saturated heterocycles. The van der Waals surface area contributed by atoms with E-state index in [0.29, 0.717) is 5.88 Å². The zero-order valence-electron chi connectivity index (χ0n) is 10.9. The molecule has 0 saturated carbocycles. The summed E-state index contributed by atoms with van der Waals surface area (Å²) in [5, 5.41) is 4.56. The Kier molecular flexibility index (Phi) is 4.07. The highest BCUT2D eigenvalue weighted by Gasteiger charge is 2.16. The molecule has 1 aromatic heterocycles. The first-order valence-electron chi connectivity index (χ1n) is 6.26. The number of hydrogen-bond donors (Lipinski definition) is 1. The van der Waals surface area contributed by atoms with E-state index in [1.165, 1.54) is 5.39 Å². The van der Waals surface area contributed by atoms with Gasteiger partial charge >= 0.3 is 0 Å². The van der Waals surface area contributed by atoms with Gasteiger partial charge in [-0.25, -0.2) is 4.98 Å². The number of alkyl halides is 1. The van der Waals surface area contributed by atoms with E-state index in [0.717, 1.165) is 24.3 Å². The topological polar surface area (TPSA) is 24.9 Å². The van der Waals surface area contributed by atoms with Crippen LogP contribution in [0.3, 0.4) is 0 Å². The van der Waals surface area contributed by atoms with E-state index in [1.807, 2.05) is 24.3 Å². The largest absolute Gasteiger partial charge is 0.370 e. The van der Waals surface area contributed by atoms with Gasteiger partial charge in [0.1, 0.15) is 5.82 Å². The normalized spacial score (nSPS) is 11.7. The molecule has 0 aliphatic carbocycles. The summed E-state index contributed by atoms with van der Waals surface area (Å²) >= 11 is 5.80. The minimum atomic E-state index is 0.190. The molecule has 2 aromatic rings. The molecule has 0 radical (unpaired) electrons. The van der Waals surface area contributed by atoms with Gasteiger partial charge in [-0.05, 0) is 30.0 Å². The minimum Gasteiger partial charge on any atom is -0.370 e.